The molecule has 0 fully saturated rings. The highest BCUT2D eigenvalue weighted by molar-refractivity contribution is 7.34. The summed E-state index contributed by atoms with van der Waals surface area (Å²) in [5.74, 6) is 0. The first-order valence-electron chi connectivity index (χ1n) is 3.37. The summed E-state index contributed by atoms with van der Waals surface area (Å²) in [4.78, 5) is 0. The normalized spacial score (nSPS) is 9.91. The van der Waals surface area contributed by atoms with Crippen LogP contribution in [0.25, 0.3) is 0 Å². The topological polar surface area (TPSA) is 12.0 Å². The maximum Gasteiger partial charge on any atom is 0.00299 e. The van der Waals surface area contributed by atoms with E-state index in [1.165, 1.54) is 5.56 Å². The van der Waals surface area contributed by atoms with Crippen LogP contribution >= 0.6 is 21.1 Å². The van der Waals surface area contributed by atoms with E-state index in [9.17, 15) is 0 Å². The second-order valence-electron chi connectivity index (χ2n) is 2.09. The minimum atomic E-state index is 0. The fraction of sp³-hybridized carbons (Fsp3) is 0.250. The van der Waals surface area contributed by atoms with Gasteiger partial charge in [0.2, 0.25) is 0 Å². The Morgan fingerprint density at radius 3 is 2.45 bits per heavy atom. The molecular weight excluding hydrogens is 177 g/mol. The van der Waals surface area contributed by atoms with Gasteiger partial charge in [-0.3, -0.25) is 0 Å². The van der Waals surface area contributed by atoms with Crippen LogP contribution in [0.4, 0.5) is 0 Å². The highest BCUT2D eigenvalue weighted by Crippen LogP contribution is 2.12. The van der Waals surface area contributed by atoms with E-state index in [1.807, 2.05) is 13.1 Å². The van der Waals surface area contributed by atoms with Crippen LogP contribution in [-0.4, -0.2) is 7.05 Å². The molecule has 1 aromatic rings. The Hall–Kier alpha value is -0.100. The van der Waals surface area contributed by atoms with Crippen molar-refractivity contribution in [2.45, 2.75) is 6.16 Å². The Morgan fingerprint density at radius 2 is 1.91 bits per heavy atom. The van der Waals surface area contributed by atoms with Crippen LogP contribution in [0, 0.1) is 0 Å². The van der Waals surface area contributed by atoms with Crippen LogP contribution in [-0.2, 0) is 6.16 Å². The van der Waals surface area contributed by atoms with Crippen molar-refractivity contribution < 1.29 is 0 Å². The van der Waals surface area contributed by atoms with E-state index >= 15 is 0 Å². The summed E-state index contributed by atoms with van der Waals surface area (Å²) in [5.41, 5.74) is 1.41. The van der Waals surface area contributed by atoms with Crippen LogP contribution in [0.2, 0.25) is 0 Å². The van der Waals surface area contributed by atoms with Gasteiger partial charge in [0.1, 0.15) is 0 Å². The van der Waals surface area contributed by atoms with E-state index in [4.69, 9.17) is 0 Å². The molecule has 0 aliphatic heterocycles. The summed E-state index contributed by atoms with van der Waals surface area (Å²) in [6.45, 7) is 0. The molecule has 0 bridgehead atoms. The van der Waals surface area contributed by atoms with Gasteiger partial charge in [-0.05, 0) is 21.3 Å². The van der Waals surface area contributed by atoms with Crippen molar-refractivity contribution in [2.75, 3.05) is 7.05 Å². The summed E-state index contributed by atoms with van der Waals surface area (Å²) in [5, 5.41) is 3.14. The first-order chi connectivity index (χ1) is 4.93. The molecule has 0 aliphatic rings. The largest absolute Gasteiger partial charge is 0.301 e. The van der Waals surface area contributed by atoms with Crippen molar-refractivity contribution >= 4 is 21.1 Å². The summed E-state index contributed by atoms with van der Waals surface area (Å²) in [6.07, 6.45) is 1.15. The molecule has 1 nitrogen and oxygen atoms in total. The summed E-state index contributed by atoms with van der Waals surface area (Å²) in [6, 6.07) is 10.5. The molecule has 0 radical (unpaired) electrons. The van der Waals surface area contributed by atoms with Gasteiger partial charge in [-0.25, -0.2) is 0 Å². The lowest BCUT2D eigenvalue weighted by atomic mass is 10.2. The number of nitrogens with one attached hydrogen (secondary N) is 1. The maximum atomic E-state index is 3.14. The van der Waals surface area contributed by atoms with Crippen molar-refractivity contribution in [1.29, 1.82) is 0 Å². The summed E-state index contributed by atoms with van der Waals surface area (Å²) in [7, 11) is 2.83. The highest BCUT2D eigenvalue weighted by atomic mass is 35.5. The zero-order valence-electron chi connectivity index (χ0n) is 6.50. The number of rotatable bonds is 3. The smallest absolute Gasteiger partial charge is 0.00299 e. The molecule has 0 aromatic heterocycles. The van der Waals surface area contributed by atoms with Crippen LogP contribution in [0.5, 0.6) is 0 Å². The monoisotopic (exact) mass is 189 g/mol. The van der Waals surface area contributed by atoms with Crippen molar-refractivity contribution in [2.24, 2.45) is 0 Å². The van der Waals surface area contributed by atoms with Gasteiger partial charge in [0.15, 0.2) is 0 Å². The number of benzene rings is 1. The minimum Gasteiger partial charge on any atom is -0.301 e. The lowest BCUT2D eigenvalue weighted by molar-refractivity contribution is 1.25. The standard InChI is InChI=1S/C8H12NP.ClH/c1-9-10-7-8-5-3-2-4-6-8;/h2-6,9-10H,7H2,1H3;1H. The van der Waals surface area contributed by atoms with E-state index in [2.05, 4.69) is 29.4 Å². The Morgan fingerprint density at radius 1 is 1.27 bits per heavy atom. The first-order valence-corrected chi connectivity index (χ1v) is 4.57. The molecule has 1 N–H and O–H groups in total. The molecule has 1 unspecified atom stereocenters. The molecule has 1 aromatic carbocycles. The highest BCUT2D eigenvalue weighted by Gasteiger charge is 1.86. The van der Waals surface area contributed by atoms with Gasteiger partial charge in [-0.15, -0.1) is 12.4 Å². The van der Waals surface area contributed by atoms with Gasteiger partial charge in [0.25, 0.3) is 0 Å². The first kappa shape index (κ1) is 10.9. The van der Waals surface area contributed by atoms with Gasteiger partial charge >= 0.3 is 0 Å². The third-order valence-electron chi connectivity index (χ3n) is 1.31. The average molecular weight is 190 g/mol. The second kappa shape index (κ2) is 6.60. The molecule has 62 valence electrons. The van der Waals surface area contributed by atoms with Crippen molar-refractivity contribution in [3.8, 4) is 0 Å². The molecule has 0 heterocycles. The van der Waals surface area contributed by atoms with Crippen LogP contribution in [0.1, 0.15) is 5.56 Å². The molecule has 3 heteroatoms. The minimum absolute atomic E-state index is 0. The number of hydrogen-bond acceptors (Lipinski definition) is 1. The lowest BCUT2D eigenvalue weighted by Crippen LogP contribution is -1.88. The summed E-state index contributed by atoms with van der Waals surface area (Å²) < 4.78 is 0. The zero-order valence-corrected chi connectivity index (χ0v) is 8.32. The van der Waals surface area contributed by atoms with Crippen LogP contribution in [0.15, 0.2) is 30.3 Å². The van der Waals surface area contributed by atoms with E-state index in [1.54, 1.807) is 0 Å². The van der Waals surface area contributed by atoms with E-state index in [0.29, 0.717) is 0 Å². The predicted molar refractivity (Wildman–Crippen MR) is 54.8 cm³/mol. The molecule has 0 spiro atoms. The van der Waals surface area contributed by atoms with Gasteiger partial charge in [-0.2, -0.15) is 0 Å². The molecule has 0 aliphatic carbocycles. The van der Waals surface area contributed by atoms with Gasteiger partial charge in [-0.1, -0.05) is 30.3 Å². The second-order valence-corrected chi connectivity index (χ2v) is 3.30. The third-order valence-corrected chi connectivity index (χ3v) is 2.25. The molecule has 0 saturated heterocycles. The SMILES string of the molecule is CNPCc1ccccc1.Cl. The Bertz CT molecular complexity index is 179. The van der Waals surface area contributed by atoms with Gasteiger partial charge in [0.05, 0.1) is 0 Å². The number of halogens is 1. The fourth-order valence-corrected chi connectivity index (χ4v) is 1.40. The van der Waals surface area contributed by atoms with E-state index in [-0.39, 0.29) is 12.4 Å². The van der Waals surface area contributed by atoms with E-state index < -0.39 is 0 Å². The predicted octanol–water partition coefficient (Wildman–Crippen LogP) is 2.42. The van der Waals surface area contributed by atoms with E-state index in [0.717, 1.165) is 14.9 Å². The molecule has 1 rings (SSSR count). The Kier molecular flexibility index (Phi) is 6.54. The lowest BCUT2D eigenvalue weighted by Gasteiger charge is -1.97. The maximum absolute atomic E-state index is 3.14. The van der Waals surface area contributed by atoms with Gasteiger partial charge < -0.3 is 5.09 Å². The molecule has 11 heavy (non-hydrogen) atoms. The third kappa shape index (κ3) is 4.36. The summed E-state index contributed by atoms with van der Waals surface area (Å²) >= 11 is 0. The molecule has 0 saturated carbocycles. The molecular formula is C8H13ClNP. The molecule has 0 amide bonds. The Balaban J connectivity index is 0.000001000. The quantitative estimate of drug-likeness (QED) is 0.721. The van der Waals surface area contributed by atoms with Crippen molar-refractivity contribution in [1.82, 2.24) is 5.09 Å². The van der Waals surface area contributed by atoms with Crippen molar-refractivity contribution in [3.63, 3.8) is 0 Å². The van der Waals surface area contributed by atoms with Crippen molar-refractivity contribution in [3.05, 3.63) is 35.9 Å². The number of hydrogen-bond donors (Lipinski definition) is 1. The van der Waals surface area contributed by atoms with Crippen LogP contribution < -0.4 is 5.09 Å². The Labute approximate surface area is 75.8 Å². The van der Waals surface area contributed by atoms with Crippen LogP contribution in [0.3, 0.4) is 0 Å². The zero-order chi connectivity index (χ0) is 7.23. The van der Waals surface area contributed by atoms with Gasteiger partial charge in [0, 0.05) is 6.16 Å². The molecule has 1 atom stereocenters. The average Bonchev–Trinajstić information content (AvgIpc) is 2.03. The fourth-order valence-electron chi connectivity index (χ4n) is 0.786.